The summed E-state index contributed by atoms with van der Waals surface area (Å²) < 4.78 is 8.37. The molecule has 0 radical (unpaired) electrons. The smallest absolute Gasteiger partial charge is 0.297 e. The van der Waals surface area contributed by atoms with Gasteiger partial charge in [-0.2, -0.15) is 0 Å². The van der Waals surface area contributed by atoms with Gasteiger partial charge in [0.2, 0.25) is 0 Å². The molecule has 0 aliphatic carbocycles. The van der Waals surface area contributed by atoms with Crippen LogP contribution in [0.15, 0.2) is 12.3 Å². The van der Waals surface area contributed by atoms with E-state index in [1.165, 1.54) is 19.0 Å². The van der Waals surface area contributed by atoms with Crippen LogP contribution in [0.4, 0.5) is 0 Å². The molecule has 1 heterocycles. The molecule has 0 bridgehead atoms. The van der Waals surface area contributed by atoms with Gasteiger partial charge in [0, 0.05) is 13.2 Å². The molecule has 76 valence electrons. The third-order valence-electron chi connectivity index (χ3n) is 2.62. The molecule has 1 unspecified atom stereocenters. The molecule has 0 saturated carbocycles. The third kappa shape index (κ3) is 2.58. The average molecular weight is 199 g/mol. The van der Waals surface area contributed by atoms with Gasteiger partial charge >= 0.3 is 0 Å². The Balaban J connectivity index is 2.56. The van der Waals surface area contributed by atoms with Gasteiger partial charge in [-0.05, 0) is 38.6 Å². The van der Waals surface area contributed by atoms with Crippen molar-refractivity contribution in [2.24, 2.45) is 0 Å². The zero-order valence-corrected chi connectivity index (χ0v) is 10.0. The molecule has 0 aromatic rings. The standard InChI is InChI=1S/C10H21NOSi/c1-4-6-8-11-9-7-10-13(11,3)12-5-2/h6,8H,4-5,7,9-10H2,1-3H3. The first-order chi connectivity index (χ1) is 6.23. The van der Waals surface area contributed by atoms with E-state index in [1.54, 1.807) is 0 Å². The molecule has 3 heteroatoms. The maximum absolute atomic E-state index is 5.91. The molecule has 0 aromatic heterocycles. The van der Waals surface area contributed by atoms with Gasteiger partial charge in [-0.25, -0.2) is 0 Å². The number of hydrogen-bond acceptors (Lipinski definition) is 2. The Morgan fingerprint density at radius 2 is 2.23 bits per heavy atom. The van der Waals surface area contributed by atoms with E-state index in [9.17, 15) is 0 Å². The zero-order valence-electron chi connectivity index (χ0n) is 9.05. The van der Waals surface area contributed by atoms with Crippen LogP contribution in [0, 0.1) is 0 Å². The lowest BCUT2D eigenvalue weighted by Crippen LogP contribution is -2.45. The van der Waals surface area contributed by atoms with E-state index in [2.05, 4.69) is 37.2 Å². The highest BCUT2D eigenvalue weighted by atomic mass is 28.4. The summed E-state index contributed by atoms with van der Waals surface area (Å²) in [4.78, 5) is 0. The number of hydrogen-bond donors (Lipinski definition) is 0. The van der Waals surface area contributed by atoms with Gasteiger partial charge in [0.05, 0.1) is 0 Å². The highest BCUT2D eigenvalue weighted by Crippen LogP contribution is 2.27. The minimum Gasteiger partial charge on any atom is -0.399 e. The van der Waals surface area contributed by atoms with Gasteiger partial charge in [0.25, 0.3) is 8.48 Å². The Kier molecular flexibility index (Phi) is 4.00. The van der Waals surface area contributed by atoms with Crippen molar-refractivity contribution in [1.29, 1.82) is 0 Å². The second-order valence-corrected chi connectivity index (χ2v) is 7.41. The number of nitrogens with zero attached hydrogens (tertiary/aromatic N) is 1. The number of rotatable bonds is 4. The Morgan fingerprint density at radius 1 is 1.46 bits per heavy atom. The average Bonchev–Trinajstić information content (AvgIpc) is 2.44. The van der Waals surface area contributed by atoms with Gasteiger partial charge < -0.3 is 8.99 Å². The molecular formula is C10H21NOSi. The zero-order chi connectivity index (χ0) is 9.73. The highest BCUT2D eigenvalue weighted by molar-refractivity contribution is 6.70. The summed E-state index contributed by atoms with van der Waals surface area (Å²) in [6.45, 7) is 8.65. The van der Waals surface area contributed by atoms with Crippen molar-refractivity contribution in [3.8, 4) is 0 Å². The van der Waals surface area contributed by atoms with E-state index in [1.807, 2.05) is 0 Å². The molecule has 2 nitrogen and oxygen atoms in total. The summed E-state index contributed by atoms with van der Waals surface area (Å²) in [7, 11) is -1.51. The predicted molar refractivity (Wildman–Crippen MR) is 58.8 cm³/mol. The lowest BCUT2D eigenvalue weighted by molar-refractivity contribution is 0.293. The van der Waals surface area contributed by atoms with E-state index in [4.69, 9.17) is 4.43 Å². The fourth-order valence-corrected chi connectivity index (χ4v) is 4.97. The normalized spacial score (nSPS) is 29.0. The summed E-state index contributed by atoms with van der Waals surface area (Å²) in [5.41, 5.74) is 0. The van der Waals surface area contributed by atoms with E-state index in [0.717, 1.165) is 13.0 Å². The van der Waals surface area contributed by atoms with Crippen LogP contribution in [-0.4, -0.2) is 26.2 Å². The number of allylic oxidation sites excluding steroid dienone is 1. The molecule has 1 aliphatic heterocycles. The maximum atomic E-state index is 5.91. The molecule has 13 heavy (non-hydrogen) atoms. The molecule has 1 fully saturated rings. The van der Waals surface area contributed by atoms with Crippen LogP contribution in [0.1, 0.15) is 26.7 Å². The van der Waals surface area contributed by atoms with Crippen LogP contribution in [0.3, 0.4) is 0 Å². The Morgan fingerprint density at radius 3 is 2.85 bits per heavy atom. The van der Waals surface area contributed by atoms with Crippen molar-refractivity contribution in [3.05, 3.63) is 12.3 Å². The minimum absolute atomic E-state index is 0.860. The fourth-order valence-electron chi connectivity index (χ4n) is 1.89. The van der Waals surface area contributed by atoms with Gasteiger partial charge in [0.15, 0.2) is 0 Å². The Hall–Kier alpha value is -0.283. The maximum Gasteiger partial charge on any atom is 0.297 e. The van der Waals surface area contributed by atoms with Crippen LogP contribution in [-0.2, 0) is 4.43 Å². The van der Waals surface area contributed by atoms with Gasteiger partial charge in [-0.3, -0.25) is 0 Å². The second-order valence-electron chi connectivity index (χ2n) is 3.70. The van der Waals surface area contributed by atoms with E-state index in [0.29, 0.717) is 0 Å². The first kappa shape index (κ1) is 10.8. The monoisotopic (exact) mass is 199 g/mol. The fraction of sp³-hybridized carbons (Fsp3) is 0.800. The van der Waals surface area contributed by atoms with Crippen molar-refractivity contribution in [3.63, 3.8) is 0 Å². The summed E-state index contributed by atoms with van der Waals surface area (Å²) >= 11 is 0. The molecule has 1 saturated heterocycles. The van der Waals surface area contributed by atoms with Crippen LogP contribution >= 0.6 is 0 Å². The van der Waals surface area contributed by atoms with Gasteiger partial charge in [-0.1, -0.05) is 13.0 Å². The summed E-state index contributed by atoms with van der Waals surface area (Å²) in [6.07, 6.45) is 6.90. The molecule has 0 N–H and O–H groups in total. The first-order valence-corrected chi connectivity index (χ1v) is 7.86. The van der Waals surface area contributed by atoms with Crippen LogP contribution in [0.25, 0.3) is 0 Å². The SMILES string of the molecule is CCC=CN1CCC[Si]1(C)OCC. The topological polar surface area (TPSA) is 12.5 Å². The van der Waals surface area contributed by atoms with Crippen molar-refractivity contribution in [2.45, 2.75) is 39.3 Å². The molecule has 1 aliphatic rings. The largest absolute Gasteiger partial charge is 0.399 e. The van der Waals surface area contributed by atoms with Crippen molar-refractivity contribution in [1.82, 2.24) is 4.57 Å². The molecule has 0 aromatic carbocycles. The van der Waals surface area contributed by atoms with Crippen molar-refractivity contribution >= 4 is 8.48 Å². The summed E-state index contributed by atoms with van der Waals surface area (Å²) in [5.74, 6) is 0. The predicted octanol–water partition coefficient (Wildman–Crippen LogP) is 2.72. The Bertz CT molecular complexity index is 184. The lowest BCUT2D eigenvalue weighted by atomic mass is 10.4. The lowest BCUT2D eigenvalue weighted by Gasteiger charge is -2.31. The minimum atomic E-state index is -1.51. The van der Waals surface area contributed by atoms with Crippen LogP contribution in [0.5, 0.6) is 0 Å². The van der Waals surface area contributed by atoms with Crippen molar-refractivity contribution < 1.29 is 4.43 Å². The summed E-state index contributed by atoms with van der Waals surface area (Å²) in [6, 6.07) is 1.29. The second kappa shape index (κ2) is 4.82. The third-order valence-corrected chi connectivity index (χ3v) is 6.40. The molecule has 1 atom stereocenters. The van der Waals surface area contributed by atoms with Gasteiger partial charge in [-0.15, -0.1) is 0 Å². The molecule has 0 spiro atoms. The molecule has 0 amide bonds. The quantitative estimate of drug-likeness (QED) is 0.646. The Labute approximate surface area is 82.8 Å². The van der Waals surface area contributed by atoms with Crippen LogP contribution < -0.4 is 0 Å². The van der Waals surface area contributed by atoms with E-state index < -0.39 is 8.48 Å². The summed E-state index contributed by atoms with van der Waals surface area (Å²) in [5, 5.41) is 0. The molecular weight excluding hydrogens is 178 g/mol. The van der Waals surface area contributed by atoms with E-state index >= 15 is 0 Å². The van der Waals surface area contributed by atoms with Crippen LogP contribution in [0.2, 0.25) is 12.6 Å². The highest BCUT2D eigenvalue weighted by Gasteiger charge is 2.39. The first-order valence-electron chi connectivity index (χ1n) is 5.30. The van der Waals surface area contributed by atoms with E-state index in [-0.39, 0.29) is 0 Å². The van der Waals surface area contributed by atoms with Gasteiger partial charge in [0.1, 0.15) is 0 Å². The molecule has 1 rings (SSSR count). The van der Waals surface area contributed by atoms with Crippen molar-refractivity contribution in [2.75, 3.05) is 13.2 Å².